The minimum Gasteiger partial charge on any atom is -0.492 e. The maximum atomic E-state index is 6.27. The van der Waals surface area contributed by atoms with Gasteiger partial charge in [-0.25, -0.2) is 0 Å². The quantitative estimate of drug-likeness (QED) is 0.706. The molecule has 0 spiro atoms. The molecule has 2 rings (SSSR count). The van der Waals surface area contributed by atoms with Gasteiger partial charge in [0.25, 0.3) is 0 Å². The van der Waals surface area contributed by atoms with Crippen molar-refractivity contribution >= 4 is 23.2 Å². The van der Waals surface area contributed by atoms with Gasteiger partial charge in [-0.15, -0.1) is 0 Å². The molecular weight excluding hydrogens is 317 g/mol. The largest absolute Gasteiger partial charge is 0.492 e. The van der Waals surface area contributed by atoms with Crippen LogP contribution in [-0.4, -0.2) is 6.61 Å². The predicted octanol–water partition coefficient (Wildman–Crippen LogP) is 5.63. The van der Waals surface area contributed by atoms with Gasteiger partial charge in [0.1, 0.15) is 5.75 Å². The maximum Gasteiger partial charge on any atom is 0.142 e. The maximum absolute atomic E-state index is 6.27. The SMILES string of the molecule is CCCOc1c(Cl)cc(Cl)cc1CN[C@@H](C)c1ccccc1. The van der Waals surface area contributed by atoms with E-state index in [-0.39, 0.29) is 6.04 Å². The summed E-state index contributed by atoms with van der Waals surface area (Å²) in [6.45, 7) is 5.49. The molecule has 0 radical (unpaired) electrons. The lowest BCUT2D eigenvalue weighted by Crippen LogP contribution is -2.18. The molecule has 0 aliphatic carbocycles. The molecule has 2 aromatic rings. The zero-order valence-electron chi connectivity index (χ0n) is 12.9. The van der Waals surface area contributed by atoms with Crippen LogP contribution in [0.2, 0.25) is 10.0 Å². The summed E-state index contributed by atoms with van der Waals surface area (Å²) in [5.74, 6) is 0.723. The van der Waals surface area contributed by atoms with Crippen LogP contribution < -0.4 is 10.1 Å². The van der Waals surface area contributed by atoms with Crippen molar-refractivity contribution in [2.24, 2.45) is 0 Å². The molecule has 0 fully saturated rings. The molecule has 0 aliphatic rings. The molecule has 118 valence electrons. The van der Waals surface area contributed by atoms with Crippen LogP contribution in [0.3, 0.4) is 0 Å². The van der Waals surface area contributed by atoms with E-state index >= 15 is 0 Å². The fraction of sp³-hybridized carbons (Fsp3) is 0.333. The van der Waals surface area contributed by atoms with Crippen molar-refractivity contribution < 1.29 is 4.74 Å². The lowest BCUT2D eigenvalue weighted by Gasteiger charge is -2.17. The number of hydrogen-bond acceptors (Lipinski definition) is 2. The van der Waals surface area contributed by atoms with Gasteiger partial charge in [0.15, 0.2) is 0 Å². The molecule has 2 aromatic carbocycles. The van der Waals surface area contributed by atoms with Crippen LogP contribution in [0.5, 0.6) is 5.75 Å². The van der Waals surface area contributed by atoms with Crippen LogP contribution >= 0.6 is 23.2 Å². The molecule has 0 bridgehead atoms. The van der Waals surface area contributed by atoms with Gasteiger partial charge in [-0.3, -0.25) is 0 Å². The molecule has 0 aromatic heterocycles. The van der Waals surface area contributed by atoms with Crippen molar-refractivity contribution in [3.8, 4) is 5.75 Å². The standard InChI is InChI=1S/C18H21Cl2NO/c1-3-9-22-18-15(10-16(19)11-17(18)20)12-21-13(2)14-7-5-4-6-8-14/h4-8,10-11,13,21H,3,9,12H2,1-2H3/t13-/m0/s1. The lowest BCUT2D eigenvalue weighted by molar-refractivity contribution is 0.313. The van der Waals surface area contributed by atoms with Crippen LogP contribution in [0.25, 0.3) is 0 Å². The van der Waals surface area contributed by atoms with Gasteiger partial charge in [-0.05, 0) is 31.0 Å². The highest BCUT2D eigenvalue weighted by atomic mass is 35.5. The van der Waals surface area contributed by atoms with Crippen molar-refractivity contribution in [3.63, 3.8) is 0 Å². The normalized spacial score (nSPS) is 12.2. The zero-order chi connectivity index (χ0) is 15.9. The van der Waals surface area contributed by atoms with E-state index in [1.165, 1.54) is 5.56 Å². The first-order chi connectivity index (χ1) is 10.6. The fourth-order valence-corrected chi connectivity index (χ4v) is 2.82. The van der Waals surface area contributed by atoms with Gasteiger partial charge < -0.3 is 10.1 Å². The highest BCUT2D eigenvalue weighted by molar-refractivity contribution is 6.35. The second-order valence-electron chi connectivity index (χ2n) is 5.24. The van der Waals surface area contributed by atoms with Crippen LogP contribution in [0.4, 0.5) is 0 Å². The predicted molar refractivity (Wildman–Crippen MR) is 93.9 cm³/mol. The van der Waals surface area contributed by atoms with E-state index in [2.05, 4.69) is 31.3 Å². The molecule has 0 unspecified atom stereocenters. The summed E-state index contributed by atoms with van der Waals surface area (Å²) in [4.78, 5) is 0. The Morgan fingerprint density at radius 3 is 2.55 bits per heavy atom. The van der Waals surface area contributed by atoms with Crippen LogP contribution in [0.15, 0.2) is 42.5 Å². The van der Waals surface area contributed by atoms with Gasteiger partial charge >= 0.3 is 0 Å². The van der Waals surface area contributed by atoms with E-state index in [1.807, 2.05) is 24.3 Å². The first kappa shape index (κ1) is 17.1. The van der Waals surface area contributed by atoms with Gasteiger partial charge in [0.2, 0.25) is 0 Å². The Morgan fingerprint density at radius 1 is 1.14 bits per heavy atom. The Bertz CT molecular complexity index is 602. The van der Waals surface area contributed by atoms with Crippen LogP contribution in [0, 0.1) is 0 Å². The lowest BCUT2D eigenvalue weighted by atomic mass is 10.1. The molecule has 0 aliphatic heterocycles. The van der Waals surface area contributed by atoms with Crippen molar-refractivity contribution in [2.75, 3.05) is 6.61 Å². The van der Waals surface area contributed by atoms with Crippen LogP contribution in [-0.2, 0) is 6.54 Å². The number of ether oxygens (including phenoxy) is 1. The fourth-order valence-electron chi connectivity index (χ4n) is 2.23. The second-order valence-corrected chi connectivity index (χ2v) is 6.08. The molecule has 22 heavy (non-hydrogen) atoms. The van der Waals surface area contributed by atoms with Crippen molar-refractivity contribution in [3.05, 3.63) is 63.6 Å². The molecular formula is C18H21Cl2NO. The Kier molecular flexibility index (Phi) is 6.56. The summed E-state index contributed by atoms with van der Waals surface area (Å²) in [6.07, 6.45) is 0.937. The topological polar surface area (TPSA) is 21.3 Å². The first-order valence-electron chi connectivity index (χ1n) is 7.51. The summed E-state index contributed by atoms with van der Waals surface area (Å²) >= 11 is 12.4. The Balaban J connectivity index is 2.11. The molecule has 1 N–H and O–H groups in total. The third-order valence-corrected chi connectivity index (χ3v) is 3.93. The van der Waals surface area contributed by atoms with E-state index in [1.54, 1.807) is 6.07 Å². The molecule has 0 amide bonds. The van der Waals surface area contributed by atoms with Crippen molar-refractivity contribution in [1.29, 1.82) is 0 Å². The number of rotatable bonds is 7. The number of benzene rings is 2. The number of nitrogens with one attached hydrogen (secondary N) is 1. The van der Waals surface area contributed by atoms with E-state index in [0.717, 1.165) is 17.7 Å². The van der Waals surface area contributed by atoms with Gasteiger partial charge in [0, 0.05) is 23.2 Å². The Labute approximate surface area is 142 Å². The van der Waals surface area contributed by atoms with E-state index in [9.17, 15) is 0 Å². The summed E-state index contributed by atoms with van der Waals surface area (Å²) in [5.41, 5.74) is 2.22. The third-order valence-electron chi connectivity index (χ3n) is 3.43. The summed E-state index contributed by atoms with van der Waals surface area (Å²) in [5, 5.41) is 4.67. The Morgan fingerprint density at radius 2 is 1.86 bits per heavy atom. The average Bonchev–Trinajstić information content (AvgIpc) is 2.52. The van der Waals surface area contributed by atoms with Crippen molar-refractivity contribution in [1.82, 2.24) is 5.32 Å². The summed E-state index contributed by atoms with van der Waals surface area (Å²) < 4.78 is 5.78. The summed E-state index contributed by atoms with van der Waals surface area (Å²) in [6, 6.07) is 14.2. The number of halogens is 2. The van der Waals surface area contributed by atoms with E-state index in [0.29, 0.717) is 23.2 Å². The molecule has 2 nitrogen and oxygen atoms in total. The van der Waals surface area contributed by atoms with E-state index in [4.69, 9.17) is 27.9 Å². The first-order valence-corrected chi connectivity index (χ1v) is 8.26. The van der Waals surface area contributed by atoms with E-state index < -0.39 is 0 Å². The van der Waals surface area contributed by atoms with Crippen molar-refractivity contribution in [2.45, 2.75) is 32.9 Å². The molecule has 0 saturated heterocycles. The highest BCUT2D eigenvalue weighted by Crippen LogP contribution is 2.33. The molecule has 4 heteroatoms. The third kappa shape index (κ3) is 4.64. The minimum atomic E-state index is 0.234. The monoisotopic (exact) mass is 337 g/mol. The highest BCUT2D eigenvalue weighted by Gasteiger charge is 2.12. The average molecular weight is 338 g/mol. The molecule has 0 saturated carbocycles. The second kappa shape index (κ2) is 8.42. The number of hydrogen-bond donors (Lipinski definition) is 1. The van der Waals surface area contributed by atoms with Crippen LogP contribution in [0.1, 0.15) is 37.4 Å². The van der Waals surface area contributed by atoms with Gasteiger partial charge in [-0.2, -0.15) is 0 Å². The molecule has 0 heterocycles. The Hall–Kier alpha value is -1.22. The smallest absolute Gasteiger partial charge is 0.142 e. The summed E-state index contributed by atoms with van der Waals surface area (Å²) in [7, 11) is 0. The van der Waals surface area contributed by atoms with Gasteiger partial charge in [0.05, 0.1) is 11.6 Å². The van der Waals surface area contributed by atoms with Gasteiger partial charge in [-0.1, -0.05) is 60.5 Å². The zero-order valence-corrected chi connectivity index (χ0v) is 14.4. The molecule has 1 atom stereocenters. The minimum absolute atomic E-state index is 0.234.